The number of allylic oxidation sites excluding steroid dienone is 1. The molecule has 7 heteroatoms. The third kappa shape index (κ3) is 5.83. The predicted molar refractivity (Wildman–Crippen MR) is 128 cm³/mol. The van der Waals surface area contributed by atoms with Crippen LogP contribution < -0.4 is 9.47 Å². The second-order valence-electron chi connectivity index (χ2n) is 6.51. The van der Waals surface area contributed by atoms with Gasteiger partial charge in [-0.25, -0.2) is 0 Å². The molecule has 3 rings (SSSR count). The van der Waals surface area contributed by atoms with Crippen molar-refractivity contribution >= 4 is 39.9 Å². The van der Waals surface area contributed by atoms with Gasteiger partial charge in [0.1, 0.15) is 6.61 Å². The van der Waals surface area contributed by atoms with Gasteiger partial charge in [-0.1, -0.05) is 30.3 Å². The fourth-order valence-corrected chi connectivity index (χ4v) is 3.69. The lowest BCUT2D eigenvalue weighted by molar-refractivity contribution is -0.384. The summed E-state index contributed by atoms with van der Waals surface area (Å²) in [5, 5.41) is 20.4. The Morgan fingerprint density at radius 1 is 1.13 bits per heavy atom. The summed E-state index contributed by atoms with van der Waals surface area (Å²) in [4.78, 5) is 10.4. The van der Waals surface area contributed by atoms with Crippen LogP contribution in [0.2, 0.25) is 0 Å². The van der Waals surface area contributed by atoms with Crippen molar-refractivity contribution < 1.29 is 14.4 Å². The van der Waals surface area contributed by atoms with Crippen LogP contribution in [0, 0.1) is 25.0 Å². The van der Waals surface area contributed by atoms with Crippen LogP contribution in [-0.2, 0) is 6.61 Å². The molecule has 0 unspecified atom stereocenters. The van der Waals surface area contributed by atoms with E-state index >= 15 is 0 Å². The Morgan fingerprint density at radius 2 is 1.84 bits per heavy atom. The number of rotatable bonds is 8. The molecular weight excluding hydrogens is 507 g/mol. The van der Waals surface area contributed by atoms with Gasteiger partial charge in [0.05, 0.1) is 26.7 Å². The van der Waals surface area contributed by atoms with Crippen LogP contribution in [-0.4, -0.2) is 11.5 Å². The van der Waals surface area contributed by atoms with Gasteiger partial charge in [-0.05, 0) is 76.5 Å². The van der Waals surface area contributed by atoms with Gasteiger partial charge in [-0.3, -0.25) is 10.1 Å². The van der Waals surface area contributed by atoms with Gasteiger partial charge >= 0.3 is 0 Å². The monoisotopic (exact) mass is 526 g/mol. The third-order valence-electron chi connectivity index (χ3n) is 4.38. The molecule has 3 aromatic carbocycles. The van der Waals surface area contributed by atoms with E-state index in [1.54, 1.807) is 12.1 Å². The van der Waals surface area contributed by atoms with Crippen LogP contribution in [0.5, 0.6) is 11.5 Å². The van der Waals surface area contributed by atoms with E-state index < -0.39 is 4.92 Å². The number of nitro groups is 1. The molecule has 31 heavy (non-hydrogen) atoms. The standard InChI is InChI=1S/C24H19IN2O4/c1-2-30-23-14-18(12-20(15-26)19-6-4-3-5-7-19)13-22(25)24(23)31-16-17-8-10-21(11-9-17)27(28)29/h3-14H,2,16H2,1H3/b20-12-. The maximum Gasteiger partial charge on any atom is 0.269 e. The molecule has 0 radical (unpaired) electrons. The van der Waals surface area contributed by atoms with E-state index in [1.807, 2.05) is 55.5 Å². The summed E-state index contributed by atoms with van der Waals surface area (Å²) in [5.74, 6) is 1.17. The summed E-state index contributed by atoms with van der Waals surface area (Å²) >= 11 is 2.18. The molecule has 0 aliphatic rings. The van der Waals surface area contributed by atoms with Crippen molar-refractivity contribution in [1.29, 1.82) is 5.26 Å². The minimum absolute atomic E-state index is 0.0381. The fourth-order valence-electron chi connectivity index (χ4n) is 2.91. The van der Waals surface area contributed by atoms with Gasteiger partial charge in [0.25, 0.3) is 5.69 Å². The van der Waals surface area contributed by atoms with Gasteiger partial charge in [-0.15, -0.1) is 0 Å². The van der Waals surface area contributed by atoms with Crippen molar-refractivity contribution in [2.75, 3.05) is 6.61 Å². The highest BCUT2D eigenvalue weighted by Gasteiger charge is 2.13. The highest BCUT2D eigenvalue weighted by molar-refractivity contribution is 14.1. The van der Waals surface area contributed by atoms with Crippen LogP contribution in [0.1, 0.15) is 23.6 Å². The Kier molecular flexibility index (Phi) is 7.62. The molecule has 0 bridgehead atoms. The van der Waals surface area contributed by atoms with Gasteiger partial charge in [0.15, 0.2) is 11.5 Å². The molecule has 0 atom stereocenters. The second kappa shape index (κ2) is 10.6. The van der Waals surface area contributed by atoms with Crippen molar-refractivity contribution in [3.63, 3.8) is 0 Å². The molecular formula is C24H19IN2O4. The van der Waals surface area contributed by atoms with Gasteiger partial charge in [0.2, 0.25) is 0 Å². The van der Waals surface area contributed by atoms with Gasteiger partial charge in [0, 0.05) is 12.1 Å². The van der Waals surface area contributed by atoms with Gasteiger partial charge < -0.3 is 9.47 Å². The average Bonchev–Trinajstić information content (AvgIpc) is 2.78. The smallest absolute Gasteiger partial charge is 0.269 e. The number of ether oxygens (including phenoxy) is 2. The quantitative estimate of drug-likeness (QED) is 0.114. The summed E-state index contributed by atoms with van der Waals surface area (Å²) in [6, 6.07) is 21.7. The Labute approximate surface area is 194 Å². The second-order valence-corrected chi connectivity index (χ2v) is 7.67. The summed E-state index contributed by atoms with van der Waals surface area (Å²) in [6.07, 6.45) is 1.82. The summed E-state index contributed by atoms with van der Waals surface area (Å²) in [6.45, 7) is 2.60. The summed E-state index contributed by atoms with van der Waals surface area (Å²) < 4.78 is 12.6. The number of nitro benzene ring substituents is 1. The summed E-state index contributed by atoms with van der Waals surface area (Å²) in [5.41, 5.74) is 3.07. The predicted octanol–water partition coefficient (Wildman–Crippen LogP) is 6.24. The minimum atomic E-state index is -0.433. The fraction of sp³-hybridized carbons (Fsp3) is 0.125. The van der Waals surface area contributed by atoms with Crippen LogP contribution >= 0.6 is 22.6 Å². The lowest BCUT2D eigenvalue weighted by Crippen LogP contribution is -2.02. The van der Waals surface area contributed by atoms with Crippen LogP contribution in [0.15, 0.2) is 66.7 Å². The molecule has 0 amide bonds. The first-order valence-electron chi connectivity index (χ1n) is 9.51. The van der Waals surface area contributed by atoms with E-state index in [1.165, 1.54) is 12.1 Å². The molecule has 0 heterocycles. The van der Waals surface area contributed by atoms with E-state index in [4.69, 9.17) is 9.47 Å². The number of nitrogens with zero attached hydrogens (tertiary/aromatic N) is 2. The molecule has 0 fully saturated rings. The Morgan fingerprint density at radius 3 is 2.45 bits per heavy atom. The highest BCUT2D eigenvalue weighted by Crippen LogP contribution is 2.36. The Hall–Kier alpha value is -3.38. The number of benzene rings is 3. The van der Waals surface area contributed by atoms with E-state index in [0.717, 1.165) is 20.3 Å². The number of non-ortho nitro benzene ring substituents is 1. The number of nitriles is 1. The Balaban J connectivity index is 1.87. The summed E-state index contributed by atoms with van der Waals surface area (Å²) in [7, 11) is 0. The highest BCUT2D eigenvalue weighted by atomic mass is 127. The van der Waals surface area contributed by atoms with Gasteiger partial charge in [-0.2, -0.15) is 5.26 Å². The van der Waals surface area contributed by atoms with E-state index in [2.05, 4.69) is 28.7 Å². The number of hydrogen-bond acceptors (Lipinski definition) is 5. The zero-order valence-electron chi connectivity index (χ0n) is 16.7. The molecule has 0 saturated heterocycles. The maximum absolute atomic E-state index is 10.8. The number of hydrogen-bond donors (Lipinski definition) is 0. The van der Waals surface area contributed by atoms with Crippen molar-refractivity contribution in [2.45, 2.75) is 13.5 Å². The van der Waals surface area contributed by atoms with Crippen molar-refractivity contribution in [2.24, 2.45) is 0 Å². The Bertz CT molecular complexity index is 1140. The molecule has 3 aromatic rings. The molecule has 156 valence electrons. The minimum Gasteiger partial charge on any atom is -0.490 e. The number of halogens is 1. The van der Waals surface area contributed by atoms with Crippen molar-refractivity contribution in [1.82, 2.24) is 0 Å². The molecule has 0 aromatic heterocycles. The third-order valence-corrected chi connectivity index (χ3v) is 5.18. The SMILES string of the molecule is CCOc1cc(/C=C(/C#N)c2ccccc2)cc(I)c1OCc1ccc([N+](=O)[O-])cc1. The zero-order valence-corrected chi connectivity index (χ0v) is 18.9. The molecule has 0 saturated carbocycles. The van der Waals surface area contributed by atoms with E-state index in [0.29, 0.717) is 23.7 Å². The zero-order chi connectivity index (χ0) is 22.2. The maximum atomic E-state index is 10.8. The first-order valence-corrected chi connectivity index (χ1v) is 10.6. The largest absolute Gasteiger partial charge is 0.490 e. The van der Waals surface area contributed by atoms with Crippen LogP contribution in [0.25, 0.3) is 11.6 Å². The first kappa shape index (κ1) is 22.3. The first-order chi connectivity index (χ1) is 15.0. The van der Waals surface area contributed by atoms with Crippen molar-refractivity contribution in [3.05, 3.63) is 97.1 Å². The lowest BCUT2D eigenvalue weighted by atomic mass is 10.0. The van der Waals surface area contributed by atoms with Crippen LogP contribution in [0.4, 0.5) is 5.69 Å². The lowest BCUT2D eigenvalue weighted by Gasteiger charge is -2.15. The molecule has 0 N–H and O–H groups in total. The normalized spacial score (nSPS) is 10.9. The molecule has 0 spiro atoms. The van der Waals surface area contributed by atoms with Crippen molar-refractivity contribution in [3.8, 4) is 17.6 Å². The van der Waals surface area contributed by atoms with Crippen LogP contribution in [0.3, 0.4) is 0 Å². The molecule has 0 aliphatic carbocycles. The topological polar surface area (TPSA) is 85.4 Å². The van der Waals surface area contributed by atoms with E-state index in [-0.39, 0.29) is 12.3 Å². The van der Waals surface area contributed by atoms with E-state index in [9.17, 15) is 15.4 Å². The molecule has 6 nitrogen and oxygen atoms in total. The molecule has 0 aliphatic heterocycles. The average molecular weight is 526 g/mol.